The van der Waals surface area contributed by atoms with E-state index in [9.17, 15) is 0 Å². The summed E-state index contributed by atoms with van der Waals surface area (Å²) in [4.78, 5) is 6.95. The lowest BCUT2D eigenvalue weighted by molar-refractivity contribution is 0.381. The van der Waals surface area contributed by atoms with Gasteiger partial charge in [-0.2, -0.15) is 8.42 Å². The van der Waals surface area contributed by atoms with E-state index >= 15 is 0 Å². The lowest BCUT2D eigenvalue weighted by Crippen LogP contribution is -2.31. The monoisotopic (exact) mass is 265 g/mol. The van der Waals surface area contributed by atoms with Crippen LogP contribution in [0.3, 0.4) is 0 Å². The molecule has 98 valence electrons. The lowest BCUT2D eigenvalue weighted by Gasteiger charge is -2.00. The smallest absolute Gasteiger partial charge is 0.370 e. The van der Waals surface area contributed by atoms with E-state index in [2.05, 4.69) is 15.3 Å². The van der Waals surface area contributed by atoms with Crippen molar-refractivity contribution >= 4 is 16.4 Å². The second-order valence-corrected chi connectivity index (χ2v) is 3.85. The molecule has 0 aliphatic carbocycles. The standard InChI is InChI=1S/C7H13N5.H2O4S/c8-7(9)11-3-1-2-6-4-10-5-12-6;1-5(2,3)4/h4-5H,1-3H2,(H,10,12)(H4,8,9,11);(H2,1,2,3,4). The van der Waals surface area contributed by atoms with Crippen molar-refractivity contribution in [2.24, 2.45) is 5.73 Å². The highest BCUT2D eigenvalue weighted by molar-refractivity contribution is 7.79. The van der Waals surface area contributed by atoms with E-state index in [1.807, 2.05) is 6.20 Å². The molecule has 0 fully saturated rings. The van der Waals surface area contributed by atoms with E-state index in [1.54, 1.807) is 6.33 Å². The Bertz CT molecular complexity index is 407. The molecule has 9 nitrogen and oxygen atoms in total. The SMILES string of the molecule is N=C(N)NCCCc1c[nH]cn1.O=S(=O)(O)O. The Kier molecular flexibility index (Phi) is 6.86. The summed E-state index contributed by atoms with van der Waals surface area (Å²) in [5, 5.41) is 9.62. The Morgan fingerprint density at radius 2 is 2.18 bits per heavy atom. The molecule has 0 spiro atoms. The van der Waals surface area contributed by atoms with Gasteiger partial charge < -0.3 is 16.0 Å². The van der Waals surface area contributed by atoms with E-state index in [0.717, 1.165) is 25.1 Å². The van der Waals surface area contributed by atoms with Crippen LogP contribution in [0.5, 0.6) is 0 Å². The van der Waals surface area contributed by atoms with Gasteiger partial charge in [-0.3, -0.25) is 14.5 Å². The van der Waals surface area contributed by atoms with Crippen molar-refractivity contribution in [3.8, 4) is 0 Å². The number of hydrogen-bond acceptors (Lipinski definition) is 4. The fraction of sp³-hybridized carbons (Fsp3) is 0.429. The van der Waals surface area contributed by atoms with E-state index in [1.165, 1.54) is 0 Å². The zero-order valence-corrected chi connectivity index (χ0v) is 9.74. The number of nitrogens with two attached hydrogens (primary N) is 1. The van der Waals surface area contributed by atoms with Crippen molar-refractivity contribution in [3.63, 3.8) is 0 Å². The Morgan fingerprint density at radius 1 is 1.59 bits per heavy atom. The van der Waals surface area contributed by atoms with E-state index in [0.29, 0.717) is 0 Å². The summed E-state index contributed by atoms with van der Waals surface area (Å²) in [6, 6.07) is 0. The largest absolute Gasteiger partial charge is 0.394 e. The maximum Gasteiger partial charge on any atom is 0.394 e. The third-order valence-corrected chi connectivity index (χ3v) is 1.48. The average molecular weight is 265 g/mol. The van der Waals surface area contributed by atoms with E-state index in [4.69, 9.17) is 28.7 Å². The van der Waals surface area contributed by atoms with Crippen molar-refractivity contribution in [1.82, 2.24) is 15.3 Å². The van der Waals surface area contributed by atoms with Crippen molar-refractivity contribution in [1.29, 1.82) is 5.41 Å². The zero-order chi connectivity index (χ0) is 13.3. The average Bonchev–Trinajstić information content (AvgIpc) is 2.61. The minimum absolute atomic E-state index is 0.0250. The molecular weight excluding hydrogens is 250 g/mol. The van der Waals surface area contributed by atoms with Gasteiger partial charge in [0.15, 0.2) is 5.96 Å². The molecule has 0 aromatic carbocycles. The minimum Gasteiger partial charge on any atom is -0.370 e. The molecule has 7 N–H and O–H groups in total. The van der Waals surface area contributed by atoms with Gasteiger partial charge in [0.1, 0.15) is 0 Å². The third kappa shape index (κ3) is 14.4. The first kappa shape index (κ1) is 15.3. The van der Waals surface area contributed by atoms with Gasteiger partial charge in [0.2, 0.25) is 0 Å². The number of H-pyrrole nitrogens is 1. The predicted molar refractivity (Wildman–Crippen MR) is 61.0 cm³/mol. The van der Waals surface area contributed by atoms with Gasteiger partial charge in [-0.25, -0.2) is 4.98 Å². The van der Waals surface area contributed by atoms with Crippen molar-refractivity contribution in [2.75, 3.05) is 6.54 Å². The highest BCUT2D eigenvalue weighted by Crippen LogP contribution is 1.94. The maximum absolute atomic E-state index is 8.74. The highest BCUT2D eigenvalue weighted by atomic mass is 32.3. The predicted octanol–water partition coefficient (Wildman–Crippen LogP) is -0.827. The molecular formula is C7H15N5O4S. The van der Waals surface area contributed by atoms with Crippen LogP contribution in [0.2, 0.25) is 0 Å². The molecule has 1 heterocycles. The van der Waals surface area contributed by atoms with Gasteiger partial charge in [-0.05, 0) is 12.8 Å². The summed E-state index contributed by atoms with van der Waals surface area (Å²) in [6.07, 6.45) is 5.37. The van der Waals surface area contributed by atoms with Crippen molar-refractivity contribution < 1.29 is 17.5 Å². The first-order valence-corrected chi connectivity index (χ1v) is 5.94. The fourth-order valence-corrected chi connectivity index (χ4v) is 0.920. The number of guanidine groups is 1. The maximum atomic E-state index is 8.74. The minimum atomic E-state index is -4.67. The van der Waals surface area contributed by atoms with Crippen LogP contribution in [-0.4, -0.2) is 40.0 Å². The van der Waals surface area contributed by atoms with Gasteiger partial charge in [0.25, 0.3) is 0 Å². The Balaban J connectivity index is 0.000000437. The number of hydrogen-bond donors (Lipinski definition) is 6. The highest BCUT2D eigenvalue weighted by Gasteiger charge is 1.93. The lowest BCUT2D eigenvalue weighted by atomic mass is 10.2. The summed E-state index contributed by atoms with van der Waals surface area (Å²) in [7, 11) is -4.67. The molecule has 0 radical (unpaired) electrons. The van der Waals surface area contributed by atoms with Gasteiger partial charge in [-0.15, -0.1) is 0 Å². The number of imidazole rings is 1. The summed E-state index contributed by atoms with van der Waals surface area (Å²) < 4.78 is 31.6. The summed E-state index contributed by atoms with van der Waals surface area (Å²) in [5.74, 6) is 0.0250. The molecule has 0 atom stereocenters. The van der Waals surface area contributed by atoms with Crippen LogP contribution in [0, 0.1) is 5.41 Å². The van der Waals surface area contributed by atoms with Crippen LogP contribution in [0.4, 0.5) is 0 Å². The molecule has 1 rings (SSSR count). The summed E-state index contributed by atoms with van der Waals surface area (Å²) in [6.45, 7) is 0.724. The molecule has 0 aliphatic rings. The van der Waals surface area contributed by atoms with Crippen molar-refractivity contribution in [3.05, 3.63) is 18.2 Å². The molecule has 0 unspecified atom stereocenters. The van der Waals surface area contributed by atoms with Gasteiger partial charge in [-0.1, -0.05) is 0 Å². The summed E-state index contributed by atoms with van der Waals surface area (Å²) in [5.41, 5.74) is 6.14. The van der Waals surface area contributed by atoms with Gasteiger partial charge >= 0.3 is 10.4 Å². The second kappa shape index (κ2) is 7.60. The van der Waals surface area contributed by atoms with Gasteiger partial charge in [0.05, 0.1) is 12.0 Å². The Morgan fingerprint density at radius 3 is 2.59 bits per heavy atom. The molecule has 17 heavy (non-hydrogen) atoms. The second-order valence-electron chi connectivity index (χ2n) is 2.95. The Hall–Kier alpha value is -1.65. The van der Waals surface area contributed by atoms with Crippen LogP contribution < -0.4 is 11.1 Å². The van der Waals surface area contributed by atoms with Crippen LogP contribution in [0.15, 0.2) is 12.5 Å². The third-order valence-electron chi connectivity index (χ3n) is 1.48. The van der Waals surface area contributed by atoms with Crippen LogP contribution in [0.1, 0.15) is 12.1 Å². The molecule has 0 saturated carbocycles. The molecule has 10 heteroatoms. The molecule has 1 aromatic heterocycles. The normalized spacial score (nSPS) is 10.2. The van der Waals surface area contributed by atoms with Crippen LogP contribution in [-0.2, 0) is 16.8 Å². The van der Waals surface area contributed by atoms with Crippen LogP contribution in [0.25, 0.3) is 0 Å². The van der Waals surface area contributed by atoms with Crippen LogP contribution >= 0.6 is 0 Å². The number of nitrogens with zero attached hydrogens (tertiary/aromatic N) is 1. The molecule has 0 saturated heterocycles. The fourth-order valence-electron chi connectivity index (χ4n) is 0.920. The Labute approximate surface area is 98.5 Å². The van der Waals surface area contributed by atoms with Gasteiger partial charge in [0, 0.05) is 12.7 Å². The number of rotatable bonds is 4. The molecule has 0 bridgehead atoms. The molecule has 0 amide bonds. The topological polar surface area (TPSA) is 165 Å². The van der Waals surface area contributed by atoms with E-state index < -0.39 is 10.4 Å². The quantitative estimate of drug-likeness (QED) is 0.179. The molecule has 1 aromatic rings. The van der Waals surface area contributed by atoms with E-state index in [-0.39, 0.29) is 5.96 Å². The summed E-state index contributed by atoms with van der Waals surface area (Å²) >= 11 is 0. The number of aryl methyl sites for hydroxylation is 1. The molecule has 0 aliphatic heterocycles. The first-order valence-electron chi connectivity index (χ1n) is 4.54. The number of aromatic nitrogens is 2. The number of aromatic amines is 1. The number of nitrogens with one attached hydrogen (secondary N) is 3. The zero-order valence-electron chi connectivity index (χ0n) is 8.92. The first-order chi connectivity index (χ1) is 7.79. The van der Waals surface area contributed by atoms with Crippen molar-refractivity contribution in [2.45, 2.75) is 12.8 Å².